The fourth-order valence-corrected chi connectivity index (χ4v) is 2.08. The van der Waals surface area contributed by atoms with Gasteiger partial charge in [0.1, 0.15) is 5.76 Å². The molecule has 134 valence electrons. The van der Waals surface area contributed by atoms with Gasteiger partial charge >= 0.3 is 0 Å². The van der Waals surface area contributed by atoms with E-state index in [0.29, 0.717) is 34.7 Å². The van der Waals surface area contributed by atoms with E-state index in [1.165, 1.54) is 7.11 Å². The highest BCUT2D eigenvalue weighted by Crippen LogP contribution is 2.25. The zero-order valence-corrected chi connectivity index (χ0v) is 14.2. The van der Waals surface area contributed by atoms with Crippen molar-refractivity contribution in [1.82, 2.24) is 15.4 Å². The van der Waals surface area contributed by atoms with Crippen LogP contribution in [-0.2, 0) is 4.79 Å². The molecule has 0 unspecified atom stereocenters. The minimum Gasteiger partial charge on any atom is -0.493 e. The predicted molar refractivity (Wildman–Crippen MR) is 93.7 cm³/mol. The van der Waals surface area contributed by atoms with Crippen LogP contribution < -0.4 is 20.1 Å². The molecule has 3 aromatic rings. The Bertz CT molecular complexity index is 879. The summed E-state index contributed by atoms with van der Waals surface area (Å²) in [5.74, 6) is 2.66. The van der Waals surface area contributed by atoms with E-state index in [1.807, 2.05) is 6.07 Å². The van der Waals surface area contributed by atoms with Crippen molar-refractivity contribution in [3.8, 4) is 11.5 Å². The number of aromatic nitrogens is 3. The maximum Gasteiger partial charge on any atom is 0.263 e. The maximum atomic E-state index is 12.0. The van der Waals surface area contributed by atoms with Crippen LogP contribution in [0.5, 0.6) is 11.5 Å². The predicted octanol–water partition coefficient (Wildman–Crippen LogP) is 2.54. The second-order valence-corrected chi connectivity index (χ2v) is 5.24. The Labute approximate surface area is 149 Å². The number of para-hydroxylation sites is 2. The number of aryl methyl sites for hydroxylation is 1. The van der Waals surface area contributed by atoms with Crippen molar-refractivity contribution in [2.75, 3.05) is 24.4 Å². The van der Waals surface area contributed by atoms with Crippen LogP contribution >= 0.6 is 0 Å². The van der Waals surface area contributed by atoms with Crippen LogP contribution in [0.4, 0.5) is 17.5 Å². The first kappa shape index (κ1) is 17.2. The van der Waals surface area contributed by atoms with Crippen molar-refractivity contribution in [3.63, 3.8) is 0 Å². The summed E-state index contributed by atoms with van der Waals surface area (Å²) in [7, 11) is 1.54. The third kappa shape index (κ3) is 4.47. The zero-order chi connectivity index (χ0) is 18.4. The third-order valence-electron chi connectivity index (χ3n) is 3.24. The number of carbonyl (C=O) groups excluding carboxylic acids is 1. The maximum absolute atomic E-state index is 12.0. The smallest absolute Gasteiger partial charge is 0.263 e. The molecular formula is C17H17N5O4. The molecular weight excluding hydrogens is 338 g/mol. The topological polar surface area (TPSA) is 111 Å². The summed E-state index contributed by atoms with van der Waals surface area (Å²) in [4.78, 5) is 12.0. The van der Waals surface area contributed by atoms with Gasteiger partial charge in [0.25, 0.3) is 5.91 Å². The number of carbonyl (C=O) groups is 1. The van der Waals surface area contributed by atoms with E-state index in [9.17, 15) is 4.79 Å². The molecule has 0 bridgehead atoms. The van der Waals surface area contributed by atoms with Crippen LogP contribution in [0.1, 0.15) is 5.76 Å². The van der Waals surface area contributed by atoms with Gasteiger partial charge < -0.3 is 24.6 Å². The third-order valence-corrected chi connectivity index (χ3v) is 3.24. The average molecular weight is 355 g/mol. The van der Waals surface area contributed by atoms with Gasteiger partial charge in [-0.15, -0.1) is 10.2 Å². The molecule has 26 heavy (non-hydrogen) atoms. The van der Waals surface area contributed by atoms with E-state index in [-0.39, 0.29) is 12.5 Å². The average Bonchev–Trinajstić information content (AvgIpc) is 3.06. The van der Waals surface area contributed by atoms with E-state index < -0.39 is 0 Å². The zero-order valence-electron chi connectivity index (χ0n) is 14.2. The van der Waals surface area contributed by atoms with E-state index in [1.54, 1.807) is 43.3 Å². The van der Waals surface area contributed by atoms with Crippen LogP contribution in [0.25, 0.3) is 0 Å². The van der Waals surface area contributed by atoms with Gasteiger partial charge in [-0.2, -0.15) is 0 Å². The number of amides is 1. The van der Waals surface area contributed by atoms with Crippen LogP contribution in [0.3, 0.4) is 0 Å². The van der Waals surface area contributed by atoms with Crippen LogP contribution in [0.2, 0.25) is 0 Å². The van der Waals surface area contributed by atoms with Crippen LogP contribution in [0.15, 0.2) is 47.0 Å². The Balaban J connectivity index is 1.52. The Morgan fingerprint density at radius 2 is 1.81 bits per heavy atom. The molecule has 2 aromatic heterocycles. The van der Waals surface area contributed by atoms with Crippen LogP contribution in [0, 0.1) is 6.92 Å². The lowest BCUT2D eigenvalue weighted by Gasteiger charge is -2.10. The molecule has 3 rings (SSSR count). The summed E-state index contributed by atoms with van der Waals surface area (Å²) >= 11 is 0. The Morgan fingerprint density at radius 3 is 2.46 bits per heavy atom. The summed E-state index contributed by atoms with van der Waals surface area (Å²) in [5, 5.41) is 17.2. The van der Waals surface area contributed by atoms with Crippen molar-refractivity contribution in [3.05, 3.63) is 48.2 Å². The molecule has 1 aromatic carbocycles. The number of benzene rings is 1. The Morgan fingerprint density at radius 1 is 1.08 bits per heavy atom. The lowest BCUT2D eigenvalue weighted by molar-refractivity contribution is -0.118. The number of nitrogens with one attached hydrogen (secondary N) is 2. The fourth-order valence-electron chi connectivity index (χ4n) is 2.08. The van der Waals surface area contributed by atoms with Gasteiger partial charge in [-0.1, -0.05) is 17.3 Å². The molecule has 9 nitrogen and oxygen atoms in total. The summed E-state index contributed by atoms with van der Waals surface area (Å²) in [5.41, 5.74) is 0. The van der Waals surface area contributed by atoms with Crippen molar-refractivity contribution in [1.29, 1.82) is 0 Å². The molecule has 0 atom stereocenters. The summed E-state index contributed by atoms with van der Waals surface area (Å²) in [6.45, 7) is 1.61. The number of ether oxygens (including phenoxy) is 2. The van der Waals surface area contributed by atoms with E-state index >= 15 is 0 Å². The number of rotatable bonds is 7. The molecule has 0 fully saturated rings. The summed E-state index contributed by atoms with van der Waals surface area (Å²) in [6, 6.07) is 12.1. The highest BCUT2D eigenvalue weighted by Gasteiger charge is 2.09. The van der Waals surface area contributed by atoms with Gasteiger partial charge in [0, 0.05) is 6.07 Å². The first-order valence-electron chi connectivity index (χ1n) is 7.74. The number of nitrogens with zero attached hydrogens (tertiary/aromatic N) is 3. The largest absolute Gasteiger partial charge is 0.493 e. The fraction of sp³-hybridized carbons (Fsp3) is 0.176. The second kappa shape index (κ2) is 7.97. The van der Waals surface area contributed by atoms with Gasteiger partial charge in [0.2, 0.25) is 0 Å². The van der Waals surface area contributed by atoms with Gasteiger partial charge in [0.05, 0.1) is 7.11 Å². The Hall–Kier alpha value is -3.62. The number of hydrogen-bond acceptors (Lipinski definition) is 8. The molecule has 0 aliphatic rings. The monoisotopic (exact) mass is 355 g/mol. The minimum absolute atomic E-state index is 0.180. The molecule has 0 radical (unpaired) electrons. The summed E-state index contributed by atoms with van der Waals surface area (Å²) in [6.07, 6.45) is 0. The Kier molecular flexibility index (Phi) is 5.28. The number of hydrogen-bond donors (Lipinski definition) is 2. The molecule has 2 heterocycles. The normalized spacial score (nSPS) is 10.2. The first-order valence-corrected chi connectivity index (χ1v) is 7.74. The SMILES string of the molecule is COc1ccccc1OCC(=O)Nc1ccc(Nc2cc(C)on2)nn1. The van der Waals surface area contributed by atoms with Gasteiger partial charge in [0.15, 0.2) is 35.6 Å². The van der Waals surface area contributed by atoms with Gasteiger partial charge in [-0.05, 0) is 31.2 Å². The minimum atomic E-state index is -0.363. The molecule has 0 aliphatic carbocycles. The van der Waals surface area contributed by atoms with Crippen LogP contribution in [-0.4, -0.2) is 35.0 Å². The van der Waals surface area contributed by atoms with E-state index in [2.05, 4.69) is 26.0 Å². The number of anilines is 3. The molecule has 0 spiro atoms. The van der Waals surface area contributed by atoms with Crippen molar-refractivity contribution in [2.45, 2.75) is 6.92 Å². The standard InChI is InChI=1S/C17H17N5O4/c1-11-9-16(22-26-11)18-14-7-8-15(21-20-14)19-17(23)10-25-13-6-4-3-5-12(13)24-2/h3-9H,10H2,1-2H3,(H,18,20,22)(H,19,21,23). The second-order valence-electron chi connectivity index (χ2n) is 5.24. The number of methoxy groups -OCH3 is 1. The van der Waals surface area contributed by atoms with Gasteiger partial charge in [-0.25, -0.2) is 0 Å². The lowest BCUT2D eigenvalue weighted by Crippen LogP contribution is -2.21. The van der Waals surface area contributed by atoms with Crippen molar-refractivity contribution >= 4 is 23.4 Å². The summed E-state index contributed by atoms with van der Waals surface area (Å²) < 4.78 is 15.6. The van der Waals surface area contributed by atoms with E-state index in [0.717, 1.165) is 0 Å². The quantitative estimate of drug-likeness (QED) is 0.665. The molecule has 2 N–H and O–H groups in total. The lowest BCUT2D eigenvalue weighted by atomic mass is 10.3. The van der Waals surface area contributed by atoms with Crippen molar-refractivity contribution < 1.29 is 18.8 Å². The van der Waals surface area contributed by atoms with E-state index in [4.69, 9.17) is 14.0 Å². The first-order chi connectivity index (χ1) is 12.6. The molecule has 1 amide bonds. The van der Waals surface area contributed by atoms with Gasteiger partial charge in [-0.3, -0.25) is 4.79 Å². The molecule has 0 aliphatic heterocycles. The molecule has 0 saturated heterocycles. The highest BCUT2D eigenvalue weighted by atomic mass is 16.5. The molecule has 0 saturated carbocycles. The molecule has 9 heteroatoms. The highest BCUT2D eigenvalue weighted by molar-refractivity contribution is 5.91. The van der Waals surface area contributed by atoms with Crippen molar-refractivity contribution in [2.24, 2.45) is 0 Å².